The molecule has 7 nitrogen and oxygen atoms in total. The molecule has 2 atom stereocenters. The van der Waals surface area contributed by atoms with Gasteiger partial charge >= 0.3 is 0 Å². The van der Waals surface area contributed by atoms with E-state index >= 15 is 0 Å². The van der Waals surface area contributed by atoms with E-state index in [0.29, 0.717) is 17.1 Å². The Balaban J connectivity index is 2.06. The molecule has 0 aliphatic carbocycles. The van der Waals surface area contributed by atoms with Gasteiger partial charge in [-0.05, 0) is 75.1 Å². The SMILES string of the molecule is CCc1ccccc1N(CC(=O)N(Cc1cccc(Cl)c1)[C@H](C)C(=O)N[C@@H](C)CC)S(=O)(=O)c1ccc(C)cc1. The molecular formula is C31H38ClN3O4S. The molecule has 1 N–H and O–H groups in total. The van der Waals surface area contributed by atoms with Gasteiger partial charge in [0.25, 0.3) is 10.0 Å². The number of halogens is 1. The van der Waals surface area contributed by atoms with Crippen molar-refractivity contribution in [2.75, 3.05) is 10.8 Å². The minimum Gasteiger partial charge on any atom is -0.352 e. The Morgan fingerprint density at radius 2 is 1.62 bits per heavy atom. The molecule has 3 rings (SSSR count). The van der Waals surface area contributed by atoms with Gasteiger partial charge in [0, 0.05) is 17.6 Å². The normalized spacial score (nSPS) is 12.8. The maximum absolute atomic E-state index is 14.1. The van der Waals surface area contributed by atoms with E-state index in [2.05, 4.69) is 5.32 Å². The molecule has 9 heteroatoms. The lowest BCUT2D eigenvalue weighted by molar-refractivity contribution is -0.139. The van der Waals surface area contributed by atoms with Crippen LogP contribution in [0.25, 0.3) is 0 Å². The molecule has 3 aromatic carbocycles. The number of hydrogen-bond acceptors (Lipinski definition) is 4. The van der Waals surface area contributed by atoms with Crippen LogP contribution in [0.3, 0.4) is 0 Å². The van der Waals surface area contributed by atoms with Crippen LogP contribution in [0.2, 0.25) is 5.02 Å². The molecule has 0 saturated heterocycles. The van der Waals surface area contributed by atoms with E-state index in [1.54, 1.807) is 61.5 Å². The van der Waals surface area contributed by atoms with Crippen molar-refractivity contribution in [3.05, 3.63) is 94.5 Å². The number of carbonyl (C=O) groups is 2. The smallest absolute Gasteiger partial charge is 0.264 e. The van der Waals surface area contributed by atoms with Crippen molar-refractivity contribution in [3.63, 3.8) is 0 Å². The summed E-state index contributed by atoms with van der Waals surface area (Å²) in [6.45, 7) is 8.93. The first-order chi connectivity index (χ1) is 19.0. The molecule has 2 amide bonds. The Kier molecular flexibility index (Phi) is 10.8. The van der Waals surface area contributed by atoms with Gasteiger partial charge < -0.3 is 10.2 Å². The molecular weight excluding hydrogens is 546 g/mol. The van der Waals surface area contributed by atoms with Crippen LogP contribution in [-0.2, 0) is 32.6 Å². The van der Waals surface area contributed by atoms with Crippen molar-refractivity contribution in [1.29, 1.82) is 0 Å². The van der Waals surface area contributed by atoms with E-state index in [1.165, 1.54) is 4.90 Å². The largest absolute Gasteiger partial charge is 0.352 e. The predicted molar refractivity (Wildman–Crippen MR) is 161 cm³/mol. The van der Waals surface area contributed by atoms with Crippen molar-refractivity contribution < 1.29 is 18.0 Å². The quantitative estimate of drug-likeness (QED) is 0.295. The standard InChI is InChI=1S/C31H38ClN3O4S/c1-6-23(4)33-31(37)24(5)34(20-25-11-10-13-27(32)19-25)30(36)21-35(29-14-9-8-12-26(29)7-2)40(38,39)28-17-15-22(3)16-18-28/h8-19,23-24H,6-7,20-21H2,1-5H3,(H,33,37)/t23-,24+/m0/s1. The van der Waals surface area contributed by atoms with Gasteiger partial charge in [0.05, 0.1) is 10.6 Å². The highest BCUT2D eigenvalue weighted by Gasteiger charge is 2.33. The lowest BCUT2D eigenvalue weighted by Gasteiger charge is -2.33. The zero-order valence-corrected chi connectivity index (χ0v) is 25.3. The fourth-order valence-corrected chi connectivity index (χ4v) is 5.95. The maximum atomic E-state index is 14.1. The van der Waals surface area contributed by atoms with E-state index in [1.807, 2.05) is 45.9 Å². The third kappa shape index (κ3) is 7.64. The van der Waals surface area contributed by atoms with Gasteiger partial charge in [-0.2, -0.15) is 0 Å². The number of hydrogen-bond donors (Lipinski definition) is 1. The number of nitrogens with one attached hydrogen (secondary N) is 1. The number of benzene rings is 3. The summed E-state index contributed by atoms with van der Waals surface area (Å²) in [4.78, 5) is 28.7. The Morgan fingerprint density at radius 1 is 0.950 bits per heavy atom. The average molecular weight is 584 g/mol. The van der Waals surface area contributed by atoms with E-state index in [9.17, 15) is 18.0 Å². The van der Waals surface area contributed by atoms with E-state index < -0.39 is 28.5 Å². The minimum absolute atomic E-state index is 0.0760. The third-order valence-corrected chi connectivity index (χ3v) is 8.95. The number of carbonyl (C=O) groups excluding carboxylic acids is 2. The van der Waals surface area contributed by atoms with E-state index in [4.69, 9.17) is 11.6 Å². The predicted octanol–water partition coefficient (Wildman–Crippen LogP) is 5.74. The molecule has 0 aliphatic heterocycles. The Bertz CT molecular complexity index is 1430. The van der Waals surface area contributed by atoms with Crippen LogP contribution in [0, 0.1) is 6.92 Å². The summed E-state index contributed by atoms with van der Waals surface area (Å²) in [6.07, 6.45) is 1.31. The molecule has 3 aromatic rings. The molecule has 0 aromatic heterocycles. The van der Waals surface area contributed by atoms with Gasteiger partial charge in [0.15, 0.2) is 0 Å². The van der Waals surface area contributed by atoms with Crippen molar-refractivity contribution in [3.8, 4) is 0 Å². The number of nitrogens with zero attached hydrogens (tertiary/aromatic N) is 2. The van der Waals surface area contributed by atoms with Crippen LogP contribution in [0.4, 0.5) is 5.69 Å². The molecule has 0 spiro atoms. The Hall–Kier alpha value is -3.36. The molecule has 0 radical (unpaired) electrons. The Morgan fingerprint density at radius 3 is 2.25 bits per heavy atom. The summed E-state index contributed by atoms with van der Waals surface area (Å²) in [7, 11) is -4.12. The summed E-state index contributed by atoms with van der Waals surface area (Å²) in [5.74, 6) is -0.819. The topological polar surface area (TPSA) is 86.8 Å². The van der Waals surface area contributed by atoms with Crippen LogP contribution in [0.15, 0.2) is 77.7 Å². The molecule has 214 valence electrons. The van der Waals surface area contributed by atoms with Crippen LogP contribution >= 0.6 is 11.6 Å². The first kappa shape index (κ1) is 31.2. The van der Waals surface area contributed by atoms with Gasteiger partial charge in [0.2, 0.25) is 11.8 Å². The fraction of sp³-hybridized carbons (Fsp3) is 0.355. The van der Waals surface area contributed by atoms with Crippen LogP contribution < -0.4 is 9.62 Å². The van der Waals surface area contributed by atoms with Crippen LogP contribution in [0.1, 0.15) is 50.8 Å². The zero-order valence-electron chi connectivity index (χ0n) is 23.7. The monoisotopic (exact) mass is 583 g/mol. The average Bonchev–Trinajstić information content (AvgIpc) is 2.94. The second kappa shape index (κ2) is 13.8. The number of anilines is 1. The van der Waals surface area contributed by atoms with Gasteiger partial charge in [-0.15, -0.1) is 0 Å². The molecule has 0 saturated carbocycles. The number of aryl methyl sites for hydroxylation is 2. The molecule has 0 unspecified atom stereocenters. The maximum Gasteiger partial charge on any atom is 0.264 e. The van der Waals surface area contributed by atoms with Gasteiger partial charge in [-0.3, -0.25) is 13.9 Å². The molecule has 0 heterocycles. The zero-order chi connectivity index (χ0) is 29.4. The Labute approximate surface area is 243 Å². The van der Waals surface area contributed by atoms with Gasteiger partial charge in [-0.25, -0.2) is 8.42 Å². The highest BCUT2D eigenvalue weighted by atomic mass is 35.5. The van der Waals surface area contributed by atoms with Crippen LogP contribution in [-0.4, -0.2) is 43.8 Å². The van der Waals surface area contributed by atoms with Gasteiger partial charge in [-0.1, -0.05) is 73.5 Å². The van der Waals surface area contributed by atoms with Crippen molar-refractivity contribution >= 4 is 39.1 Å². The fourth-order valence-electron chi connectivity index (χ4n) is 4.28. The third-order valence-electron chi connectivity index (χ3n) is 6.94. The highest BCUT2D eigenvalue weighted by Crippen LogP contribution is 2.28. The molecule has 0 bridgehead atoms. The molecule has 40 heavy (non-hydrogen) atoms. The summed E-state index contributed by atoms with van der Waals surface area (Å²) in [5, 5.41) is 3.44. The van der Waals surface area contributed by atoms with E-state index in [-0.39, 0.29) is 23.4 Å². The van der Waals surface area contributed by atoms with Crippen LogP contribution in [0.5, 0.6) is 0 Å². The lowest BCUT2D eigenvalue weighted by Crippen LogP contribution is -2.52. The van der Waals surface area contributed by atoms with Crippen molar-refractivity contribution in [1.82, 2.24) is 10.2 Å². The second-order valence-corrected chi connectivity index (χ2v) is 12.3. The van der Waals surface area contributed by atoms with Gasteiger partial charge in [0.1, 0.15) is 12.6 Å². The highest BCUT2D eigenvalue weighted by molar-refractivity contribution is 7.92. The number of amides is 2. The first-order valence-electron chi connectivity index (χ1n) is 13.5. The minimum atomic E-state index is -4.12. The summed E-state index contributed by atoms with van der Waals surface area (Å²) < 4.78 is 29.2. The van der Waals surface area contributed by atoms with Crippen molar-refractivity contribution in [2.24, 2.45) is 0 Å². The second-order valence-electron chi connectivity index (χ2n) is 9.95. The number of para-hydroxylation sites is 1. The van der Waals surface area contributed by atoms with Crippen molar-refractivity contribution in [2.45, 2.75) is 71.0 Å². The lowest BCUT2D eigenvalue weighted by atomic mass is 10.1. The first-order valence-corrected chi connectivity index (χ1v) is 15.3. The summed E-state index contributed by atoms with van der Waals surface area (Å²) in [6, 6.07) is 19.8. The summed E-state index contributed by atoms with van der Waals surface area (Å²) in [5.41, 5.74) is 2.86. The number of rotatable bonds is 12. The summed E-state index contributed by atoms with van der Waals surface area (Å²) >= 11 is 6.20. The molecule has 0 aliphatic rings. The molecule has 0 fully saturated rings. The van der Waals surface area contributed by atoms with E-state index in [0.717, 1.165) is 27.4 Å². The number of sulfonamides is 1.